The van der Waals surface area contributed by atoms with Gasteiger partial charge in [-0.3, -0.25) is 25.0 Å². The number of benzene rings is 2. The predicted molar refractivity (Wildman–Crippen MR) is 90.1 cm³/mol. The lowest BCUT2D eigenvalue weighted by atomic mass is 9.99. The lowest BCUT2D eigenvalue weighted by molar-refractivity contribution is -0.393. The van der Waals surface area contributed by atoms with E-state index in [1.54, 1.807) is 24.5 Å². The molecular weight excluding hydrogens is 334 g/mol. The van der Waals surface area contributed by atoms with E-state index >= 15 is 0 Å². The Morgan fingerprint density at radius 1 is 1.08 bits per heavy atom. The molecule has 1 N–H and O–H groups in total. The number of thioether (sulfide) groups is 1. The van der Waals surface area contributed by atoms with E-state index in [2.05, 4.69) is 5.32 Å². The van der Waals surface area contributed by atoms with Gasteiger partial charge in [0.1, 0.15) is 5.25 Å². The van der Waals surface area contributed by atoms with Crippen LogP contribution in [0.25, 0.3) is 11.1 Å². The Kier molecular flexibility index (Phi) is 3.94. The van der Waals surface area contributed by atoms with Gasteiger partial charge in [0.05, 0.1) is 21.5 Å². The van der Waals surface area contributed by atoms with Crippen LogP contribution in [0, 0.1) is 20.2 Å². The number of nitro groups is 2. The number of nitrogens with zero attached hydrogens (tertiary/aromatic N) is 2. The summed E-state index contributed by atoms with van der Waals surface area (Å²) in [6.07, 6.45) is 1.81. The minimum absolute atomic E-state index is 0.132. The summed E-state index contributed by atoms with van der Waals surface area (Å²) in [5.74, 6) is -0.132. The van der Waals surface area contributed by atoms with Gasteiger partial charge >= 0.3 is 0 Å². The molecule has 0 spiro atoms. The summed E-state index contributed by atoms with van der Waals surface area (Å²) in [6.45, 7) is 0. The third-order valence-corrected chi connectivity index (χ3v) is 4.70. The molecule has 0 aromatic heterocycles. The first-order chi connectivity index (χ1) is 11.4. The summed E-state index contributed by atoms with van der Waals surface area (Å²) in [5.41, 5.74) is 1.54. The number of non-ortho nitro benzene ring substituents is 1. The highest BCUT2D eigenvalue weighted by Gasteiger charge is 2.30. The normalized spacial score (nSPS) is 15.7. The van der Waals surface area contributed by atoms with Crippen LogP contribution in [-0.2, 0) is 4.79 Å². The van der Waals surface area contributed by atoms with Crippen LogP contribution in [0.2, 0.25) is 0 Å². The Labute approximate surface area is 140 Å². The minimum Gasteiger partial charge on any atom is -0.325 e. The molecule has 1 aliphatic heterocycles. The van der Waals surface area contributed by atoms with Gasteiger partial charge in [0.25, 0.3) is 11.4 Å². The molecule has 0 saturated carbocycles. The topological polar surface area (TPSA) is 115 Å². The molecule has 0 fully saturated rings. The second-order valence-corrected chi connectivity index (χ2v) is 6.07. The second-order valence-electron chi connectivity index (χ2n) is 5.12. The molecular formula is C15H11N3O5S. The van der Waals surface area contributed by atoms with Crippen molar-refractivity contribution in [3.05, 3.63) is 62.2 Å². The quantitative estimate of drug-likeness (QED) is 0.669. The smallest absolute Gasteiger partial charge is 0.284 e. The standard InChI is InChI=1S/C15H11N3O5S/c1-24-14-11-6-8(2-5-12(11)16-15(14)19)10-4-3-9(17(20)21)7-13(10)18(22)23/h2-7,14H,1H3,(H,16,19). The maximum absolute atomic E-state index is 11.9. The predicted octanol–water partition coefficient (Wildman–Crippen LogP) is 3.53. The van der Waals surface area contributed by atoms with E-state index in [-0.39, 0.29) is 28.1 Å². The van der Waals surface area contributed by atoms with Gasteiger partial charge in [0.15, 0.2) is 0 Å². The lowest BCUT2D eigenvalue weighted by Crippen LogP contribution is -2.08. The van der Waals surface area contributed by atoms with Crippen molar-refractivity contribution in [3.8, 4) is 11.1 Å². The van der Waals surface area contributed by atoms with Crippen molar-refractivity contribution in [2.45, 2.75) is 5.25 Å². The zero-order chi connectivity index (χ0) is 17.4. The van der Waals surface area contributed by atoms with Gasteiger partial charge in [-0.15, -0.1) is 11.8 Å². The number of nitrogens with one attached hydrogen (secondary N) is 1. The second kappa shape index (κ2) is 5.93. The number of hydrogen-bond donors (Lipinski definition) is 1. The fourth-order valence-corrected chi connectivity index (χ4v) is 3.39. The van der Waals surface area contributed by atoms with E-state index in [1.165, 1.54) is 23.9 Å². The van der Waals surface area contributed by atoms with E-state index in [4.69, 9.17) is 0 Å². The number of rotatable bonds is 4. The molecule has 2 aromatic rings. The SMILES string of the molecule is CSC1C(=O)Nc2ccc(-c3ccc([N+](=O)[O-])cc3[N+](=O)[O-])cc21. The Morgan fingerprint density at radius 3 is 2.46 bits per heavy atom. The fraction of sp³-hybridized carbons (Fsp3) is 0.133. The minimum atomic E-state index is -0.675. The van der Waals surface area contributed by atoms with Crippen LogP contribution in [0.1, 0.15) is 10.8 Å². The lowest BCUT2D eigenvalue weighted by Gasteiger charge is -2.08. The Hall–Kier alpha value is -2.94. The largest absolute Gasteiger partial charge is 0.325 e. The van der Waals surface area contributed by atoms with E-state index in [0.29, 0.717) is 11.3 Å². The third kappa shape index (κ3) is 2.58. The molecule has 24 heavy (non-hydrogen) atoms. The van der Waals surface area contributed by atoms with Crippen molar-refractivity contribution in [2.24, 2.45) is 0 Å². The van der Waals surface area contributed by atoms with Gasteiger partial charge in [-0.25, -0.2) is 0 Å². The molecule has 3 rings (SSSR count). The van der Waals surface area contributed by atoms with Gasteiger partial charge in [0, 0.05) is 11.8 Å². The van der Waals surface area contributed by atoms with Crippen molar-refractivity contribution in [3.63, 3.8) is 0 Å². The summed E-state index contributed by atoms with van der Waals surface area (Å²) in [4.78, 5) is 32.7. The first-order valence-corrected chi connectivity index (χ1v) is 8.12. The highest BCUT2D eigenvalue weighted by atomic mass is 32.2. The fourth-order valence-electron chi connectivity index (χ4n) is 2.66. The molecule has 0 radical (unpaired) electrons. The molecule has 1 amide bonds. The maximum atomic E-state index is 11.9. The molecule has 8 nitrogen and oxygen atoms in total. The Morgan fingerprint density at radius 2 is 1.83 bits per heavy atom. The van der Waals surface area contributed by atoms with Gasteiger partial charge in [0.2, 0.25) is 5.91 Å². The zero-order valence-electron chi connectivity index (χ0n) is 12.4. The first kappa shape index (κ1) is 15.9. The highest BCUT2D eigenvalue weighted by Crippen LogP contribution is 2.42. The summed E-state index contributed by atoms with van der Waals surface area (Å²) >= 11 is 1.37. The number of hydrogen-bond acceptors (Lipinski definition) is 6. The Bertz CT molecular complexity index is 883. The van der Waals surface area contributed by atoms with Crippen LogP contribution in [0.5, 0.6) is 0 Å². The van der Waals surface area contributed by atoms with Crippen LogP contribution in [0.3, 0.4) is 0 Å². The van der Waals surface area contributed by atoms with E-state index < -0.39 is 9.85 Å². The van der Waals surface area contributed by atoms with Crippen LogP contribution in [-0.4, -0.2) is 22.0 Å². The number of carbonyl (C=O) groups excluding carboxylic acids is 1. The van der Waals surface area contributed by atoms with Crippen molar-refractivity contribution in [1.82, 2.24) is 0 Å². The van der Waals surface area contributed by atoms with Crippen LogP contribution in [0.4, 0.5) is 17.1 Å². The Balaban J connectivity index is 2.14. The molecule has 0 saturated heterocycles. The first-order valence-electron chi connectivity index (χ1n) is 6.83. The molecule has 1 aliphatic rings. The molecule has 1 atom stereocenters. The number of nitro benzene ring substituents is 2. The molecule has 1 heterocycles. The zero-order valence-corrected chi connectivity index (χ0v) is 13.2. The molecule has 2 aromatic carbocycles. The van der Waals surface area contributed by atoms with Gasteiger partial charge in [-0.1, -0.05) is 6.07 Å². The third-order valence-electron chi connectivity index (χ3n) is 3.77. The van der Waals surface area contributed by atoms with Gasteiger partial charge in [-0.2, -0.15) is 0 Å². The van der Waals surface area contributed by atoms with Gasteiger partial charge in [-0.05, 0) is 35.6 Å². The van der Waals surface area contributed by atoms with Gasteiger partial charge < -0.3 is 5.32 Å². The van der Waals surface area contributed by atoms with E-state index in [0.717, 1.165) is 11.6 Å². The van der Waals surface area contributed by atoms with E-state index in [9.17, 15) is 25.0 Å². The molecule has 1 unspecified atom stereocenters. The van der Waals surface area contributed by atoms with Crippen molar-refractivity contribution < 1.29 is 14.6 Å². The summed E-state index contributed by atoms with van der Waals surface area (Å²) in [7, 11) is 0. The number of carbonyl (C=O) groups is 1. The summed E-state index contributed by atoms with van der Waals surface area (Å²) < 4.78 is 0. The highest BCUT2D eigenvalue weighted by molar-refractivity contribution is 7.99. The van der Waals surface area contributed by atoms with Crippen LogP contribution >= 0.6 is 11.8 Å². The van der Waals surface area contributed by atoms with Crippen LogP contribution in [0.15, 0.2) is 36.4 Å². The van der Waals surface area contributed by atoms with E-state index in [1.807, 2.05) is 0 Å². The molecule has 0 aliphatic carbocycles. The number of amides is 1. The van der Waals surface area contributed by atoms with Crippen molar-refractivity contribution in [1.29, 1.82) is 0 Å². The summed E-state index contributed by atoms with van der Waals surface area (Å²) in [5, 5.41) is 24.5. The monoisotopic (exact) mass is 345 g/mol. The number of anilines is 1. The number of fused-ring (bicyclic) bond motifs is 1. The average molecular weight is 345 g/mol. The molecule has 122 valence electrons. The van der Waals surface area contributed by atoms with Crippen LogP contribution < -0.4 is 5.32 Å². The summed E-state index contributed by atoms with van der Waals surface area (Å²) in [6, 6.07) is 8.57. The molecule has 9 heteroatoms. The molecule has 0 bridgehead atoms. The van der Waals surface area contributed by atoms with Crippen molar-refractivity contribution >= 4 is 34.7 Å². The maximum Gasteiger partial charge on any atom is 0.284 e. The van der Waals surface area contributed by atoms with Crippen molar-refractivity contribution in [2.75, 3.05) is 11.6 Å². The average Bonchev–Trinajstić information content (AvgIpc) is 2.88.